The third kappa shape index (κ3) is 6.46. The number of nitro groups is 1. The van der Waals surface area contributed by atoms with Crippen LogP contribution in [0.15, 0.2) is 48.5 Å². The Kier molecular flexibility index (Phi) is 6.42. The zero-order valence-electron chi connectivity index (χ0n) is 13.8. The summed E-state index contributed by atoms with van der Waals surface area (Å²) in [5, 5.41) is 21.5. The number of anilines is 1. The number of benzene rings is 2. The van der Waals surface area contributed by atoms with Crippen LogP contribution in [0.3, 0.4) is 0 Å². The number of nitrogens with one attached hydrogen (secondary N) is 1. The van der Waals surface area contributed by atoms with Crippen LogP contribution in [0.4, 0.5) is 16.2 Å². The van der Waals surface area contributed by atoms with E-state index in [4.69, 9.17) is 14.6 Å². The maximum Gasteiger partial charge on any atom is 0.417 e. The Morgan fingerprint density at radius 3 is 2.22 bits per heavy atom. The maximum absolute atomic E-state index is 11.8. The average molecular weight is 374 g/mol. The summed E-state index contributed by atoms with van der Waals surface area (Å²) < 4.78 is 9.84. The van der Waals surface area contributed by atoms with E-state index in [0.29, 0.717) is 11.3 Å². The van der Waals surface area contributed by atoms with E-state index in [2.05, 4.69) is 5.32 Å². The first-order chi connectivity index (χ1) is 12.8. The van der Waals surface area contributed by atoms with Gasteiger partial charge in [0.25, 0.3) is 5.69 Å². The number of hydrogen-bond donors (Lipinski definition) is 2. The number of ether oxygens (including phenoxy) is 2. The van der Waals surface area contributed by atoms with E-state index in [1.54, 1.807) is 12.1 Å². The first-order valence-corrected chi connectivity index (χ1v) is 7.53. The van der Waals surface area contributed by atoms with Crippen molar-refractivity contribution in [3.63, 3.8) is 0 Å². The molecule has 10 nitrogen and oxygen atoms in total. The van der Waals surface area contributed by atoms with Crippen molar-refractivity contribution in [2.45, 2.75) is 13.0 Å². The lowest BCUT2D eigenvalue weighted by atomic mass is 10.2. The van der Waals surface area contributed by atoms with Crippen LogP contribution in [0.25, 0.3) is 0 Å². The normalized spacial score (nSPS) is 9.93. The van der Waals surface area contributed by atoms with Crippen molar-refractivity contribution in [1.29, 1.82) is 0 Å². The van der Waals surface area contributed by atoms with Crippen LogP contribution in [0.1, 0.15) is 12.0 Å². The van der Waals surface area contributed by atoms with E-state index in [1.807, 2.05) is 0 Å². The van der Waals surface area contributed by atoms with E-state index in [0.717, 1.165) is 0 Å². The number of nitro benzene ring substituents is 1. The lowest BCUT2D eigenvalue weighted by molar-refractivity contribution is -0.384. The predicted molar refractivity (Wildman–Crippen MR) is 91.2 cm³/mol. The number of carboxylic acids is 1. The number of carbonyl (C=O) groups excluding carboxylic acids is 2. The van der Waals surface area contributed by atoms with Gasteiger partial charge in [-0.25, -0.2) is 4.79 Å². The third-order valence-corrected chi connectivity index (χ3v) is 3.15. The van der Waals surface area contributed by atoms with Crippen molar-refractivity contribution in [3.8, 4) is 5.75 Å². The standard InChI is InChI=1S/C17H14N2O8/c20-15(21)9-16(22)26-10-11-1-7-14(8-2-11)27-17(23)18-12-3-5-13(6-4-12)19(24)25/h1-8H,9-10H2,(H,18,23)(H,20,21). The molecule has 0 heterocycles. The molecule has 1 amide bonds. The predicted octanol–water partition coefficient (Wildman–Crippen LogP) is 2.72. The van der Waals surface area contributed by atoms with Gasteiger partial charge in [-0.05, 0) is 29.8 Å². The molecule has 10 heteroatoms. The van der Waals surface area contributed by atoms with Gasteiger partial charge in [0.1, 0.15) is 18.8 Å². The van der Waals surface area contributed by atoms with Crippen LogP contribution in [0.2, 0.25) is 0 Å². The molecule has 0 fully saturated rings. The fraction of sp³-hybridized carbons (Fsp3) is 0.118. The molecule has 0 aliphatic heterocycles. The van der Waals surface area contributed by atoms with Crippen LogP contribution in [0.5, 0.6) is 5.75 Å². The summed E-state index contributed by atoms with van der Waals surface area (Å²) in [5.74, 6) is -1.91. The minimum atomic E-state index is -1.28. The molecule has 0 radical (unpaired) electrons. The molecule has 0 aliphatic rings. The summed E-state index contributed by atoms with van der Waals surface area (Å²) in [7, 11) is 0. The van der Waals surface area contributed by atoms with Crippen LogP contribution in [-0.4, -0.2) is 28.1 Å². The summed E-state index contributed by atoms with van der Waals surface area (Å²) in [5.41, 5.74) is 0.804. The number of amides is 1. The van der Waals surface area contributed by atoms with Crippen LogP contribution < -0.4 is 10.1 Å². The Balaban J connectivity index is 1.84. The molecule has 0 aliphatic carbocycles. The highest BCUT2D eigenvalue weighted by atomic mass is 16.6. The zero-order chi connectivity index (χ0) is 19.8. The molecule has 27 heavy (non-hydrogen) atoms. The fourth-order valence-corrected chi connectivity index (χ4v) is 1.91. The van der Waals surface area contributed by atoms with Gasteiger partial charge in [-0.3, -0.25) is 25.0 Å². The van der Waals surface area contributed by atoms with Crippen LogP contribution in [-0.2, 0) is 20.9 Å². The molecule has 140 valence electrons. The highest BCUT2D eigenvalue weighted by Gasteiger charge is 2.10. The van der Waals surface area contributed by atoms with Gasteiger partial charge < -0.3 is 14.6 Å². The second-order valence-corrected chi connectivity index (χ2v) is 5.19. The molecular formula is C17H14N2O8. The Morgan fingerprint density at radius 1 is 1.04 bits per heavy atom. The Labute approximate surface area is 152 Å². The van der Waals surface area contributed by atoms with E-state index in [-0.39, 0.29) is 18.0 Å². The third-order valence-electron chi connectivity index (χ3n) is 3.15. The molecule has 2 aromatic rings. The van der Waals surface area contributed by atoms with Crippen LogP contribution in [0, 0.1) is 10.1 Å². The Bertz CT molecular complexity index is 846. The molecule has 2 rings (SSSR count). The minimum absolute atomic E-state index is 0.103. The fourth-order valence-electron chi connectivity index (χ4n) is 1.91. The first-order valence-electron chi connectivity index (χ1n) is 7.53. The number of carboxylic acid groups (broad SMARTS) is 1. The molecule has 2 N–H and O–H groups in total. The largest absolute Gasteiger partial charge is 0.481 e. The average Bonchev–Trinajstić information content (AvgIpc) is 2.61. The Morgan fingerprint density at radius 2 is 1.67 bits per heavy atom. The van der Waals surface area contributed by atoms with Crippen molar-refractivity contribution < 1.29 is 33.9 Å². The Hall–Kier alpha value is -3.95. The SMILES string of the molecule is O=C(O)CC(=O)OCc1ccc(OC(=O)Nc2ccc([N+](=O)[O-])cc2)cc1. The highest BCUT2D eigenvalue weighted by molar-refractivity contribution is 5.90. The number of hydrogen-bond acceptors (Lipinski definition) is 7. The second-order valence-electron chi connectivity index (χ2n) is 5.19. The van der Waals surface area contributed by atoms with Gasteiger partial charge in [0, 0.05) is 17.8 Å². The van der Waals surface area contributed by atoms with Crippen molar-refractivity contribution in [3.05, 3.63) is 64.2 Å². The number of non-ortho nitro benzene ring substituents is 1. The summed E-state index contributed by atoms with van der Waals surface area (Å²) >= 11 is 0. The molecule has 0 bridgehead atoms. The molecule has 0 saturated heterocycles. The summed E-state index contributed by atoms with van der Waals surface area (Å²) in [6.07, 6.45) is -1.51. The molecular weight excluding hydrogens is 360 g/mol. The van der Waals surface area contributed by atoms with Crippen molar-refractivity contribution in [2.24, 2.45) is 0 Å². The van der Waals surface area contributed by atoms with Gasteiger partial charge in [-0.1, -0.05) is 12.1 Å². The molecule has 0 spiro atoms. The summed E-state index contributed by atoms with van der Waals surface area (Å²) in [6.45, 7) is -0.110. The van der Waals surface area contributed by atoms with Crippen molar-refractivity contribution in [1.82, 2.24) is 0 Å². The van der Waals surface area contributed by atoms with Gasteiger partial charge in [0.05, 0.1) is 4.92 Å². The molecule has 0 saturated carbocycles. The number of nitrogens with zero attached hydrogens (tertiary/aromatic N) is 1. The van der Waals surface area contributed by atoms with E-state index < -0.39 is 29.4 Å². The lowest BCUT2D eigenvalue weighted by Crippen LogP contribution is -2.16. The quantitative estimate of drug-likeness (QED) is 0.326. The van der Waals surface area contributed by atoms with Gasteiger partial charge >= 0.3 is 18.0 Å². The molecule has 2 aromatic carbocycles. The van der Waals surface area contributed by atoms with Crippen molar-refractivity contribution >= 4 is 29.4 Å². The maximum atomic E-state index is 11.8. The highest BCUT2D eigenvalue weighted by Crippen LogP contribution is 2.17. The number of esters is 1. The van der Waals surface area contributed by atoms with Crippen molar-refractivity contribution in [2.75, 3.05) is 5.32 Å². The topological polar surface area (TPSA) is 145 Å². The van der Waals surface area contributed by atoms with E-state index in [1.165, 1.54) is 36.4 Å². The number of carbonyl (C=O) groups is 3. The smallest absolute Gasteiger partial charge is 0.417 e. The van der Waals surface area contributed by atoms with Gasteiger partial charge in [-0.2, -0.15) is 0 Å². The van der Waals surface area contributed by atoms with Crippen LogP contribution >= 0.6 is 0 Å². The number of rotatable bonds is 7. The first kappa shape index (κ1) is 19.4. The van der Waals surface area contributed by atoms with E-state index in [9.17, 15) is 24.5 Å². The lowest BCUT2D eigenvalue weighted by Gasteiger charge is -2.08. The van der Waals surface area contributed by atoms with Gasteiger partial charge in [-0.15, -0.1) is 0 Å². The van der Waals surface area contributed by atoms with Gasteiger partial charge in [0.2, 0.25) is 0 Å². The van der Waals surface area contributed by atoms with Gasteiger partial charge in [0.15, 0.2) is 0 Å². The zero-order valence-corrected chi connectivity index (χ0v) is 13.8. The number of aliphatic carboxylic acids is 1. The second kappa shape index (κ2) is 8.94. The van der Waals surface area contributed by atoms with E-state index >= 15 is 0 Å². The minimum Gasteiger partial charge on any atom is -0.481 e. The summed E-state index contributed by atoms with van der Waals surface area (Å²) in [4.78, 5) is 43.3. The summed E-state index contributed by atoms with van der Waals surface area (Å²) in [6, 6.07) is 11.3. The molecule has 0 aromatic heterocycles. The molecule has 0 unspecified atom stereocenters. The monoisotopic (exact) mass is 374 g/mol. The molecule has 0 atom stereocenters.